The zero-order valence-corrected chi connectivity index (χ0v) is 4.43. The van der Waals surface area contributed by atoms with Gasteiger partial charge in [0.2, 0.25) is 0 Å². The van der Waals surface area contributed by atoms with Crippen LogP contribution in [0.25, 0.3) is 0 Å². The topological polar surface area (TPSA) is 6.48 Å². The highest BCUT2D eigenvalue weighted by Gasteiger charge is 2.25. The Morgan fingerprint density at radius 2 is 1.14 bits per heavy atom. The number of hydrogen-bond donors (Lipinski definition) is 0. The van der Waals surface area contributed by atoms with Crippen LogP contribution in [-0.2, 0) is 0 Å². The van der Waals surface area contributed by atoms with E-state index in [0.717, 1.165) is 0 Å². The summed E-state index contributed by atoms with van der Waals surface area (Å²) in [5.74, 6) is 0. The van der Waals surface area contributed by atoms with E-state index in [9.17, 15) is 0 Å². The van der Waals surface area contributed by atoms with Crippen molar-refractivity contribution in [2.24, 2.45) is 0 Å². The summed E-state index contributed by atoms with van der Waals surface area (Å²) < 4.78 is 0. The molecule has 2 bridgehead atoms. The molecule has 40 valence electrons. The van der Waals surface area contributed by atoms with Crippen molar-refractivity contribution in [2.45, 2.75) is 0 Å². The van der Waals surface area contributed by atoms with Crippen molar-refractivity contribution in [2.75, 3.05) is 32.8 Å². The van der Waals surface area contributed by atoms with Gasteiger partial charge in [-0.25, -0.2) is 0 Å². The Kier molecular flexibility index (Phi) is 0.664. The van der Waals surface area contributed by atoms with E-state index in [1.807, 2.05) is 0 Å². The molecule has 2 heterocycles. The minimum absolute atomic E-state index is 1.25. The van der Waals surface area contributed by atoms with Crippen molar-refractivity contribution in [1.82, 2.24) is 9.80 Å². The maximum atomic E-state index is 2.49. The smallest absolute Gasteiger partial charge is 0.0508 e. The number of hydrogen-bond acceptors (Lipinski definition) is 2. The Morgan fingerprint density at radius 3 is 1.29 bits per heavy atom. The summed E-state index contributed by atoms with van der Waals surface area (Å²) in [6, 6.07) is 0. The normalized spacial score (nSPS) is 48.0. The van der Waals surface area contributed by atoms with Crippen LogP contribution in [-0.4, -0.2) is 42.6 Å². The highest BCUT2D eigenvalue weighted by atomic mass is 15.4. The highest BCUT2D eigenvalue weighted by Crippen LogP contribution is 2.10. The Labute approximate surface area is 43.7 Å². The van der Waals surface area contributed by atoms with Gasteiger partial charge in [0, 0.05) is 26.2 Å². The molecule has 0 spiro atoms. The van der Waals surface area contributed by atoms with Crippen LogP contribution in [0.15, 0.2) is 0 Å². The number of rotatable bonds is 0. The summed E-state index contributed by atoms with van der Waals surface area (Å²) in [5, 5.41) is 0. The van der Waals surface area contributed by atoms with E-state index >= 15 is 0 Å². The standard InChI is InChI=1S/C5H10N2/c1-2-7-4-3-6(1)5-7/h1-5H2. The number of piperazine rings is 1. The van der Waals surface area contributed by atoms with Gasteiger partial charge < -0.3 is 0 Å². The quantitative estimate of drug-likeness (QED) is 0.406. The molecule has 0 atom stereocenters. The zero-order valence-electron chi connectivity index (χ0n) is 4.43. The number of nitrogens with zero attached hydrogens (tertiary/aromatic N) is 2. The molecule has 0 aromatic carbocycles. The van der Waals surface area contributed by atoms with Crippen LogP contribution in [0.5, 0.6) is 0 Å². The summed E-state index contributed by atoms with van der Waals surface area (Å²) in [4.78, 5) is 4.97. The van der Waals surface area contributed by atoms with E-state index in [2.05, 4.69) is 9.80 Å². The molecule has 0 N–H and O–H groups in total. The third-order valence-corrected chi connectivity index (χ3v) is 1.86. The van der Waals surface area contributed by atoms with Gasteiger partial charge in [-0.15, -0.1) is 0 Å². The first kappa shape index (κ1) is 3.87. The summed E-state index contributed by atoms with van der Waals surface area (Å²) in [5.41, 5.74) is 0. The van der Waals surface area contributed by atoms with Gasteiger partial charge in [-0.2, -0.15) is 0 Å². The Hall–Kier alpha value is -0.0800. The molecular weight excluding hydrogens is 88.1 g/mol. The molecule has 2 aliphatic rings. The maximum Gasteiger partial charge on any atom is 0.0508 e. The predicted molar refractivity (Wildman–Crippen MR) is 28.0 cm³/mol. The van der Waals surface area contributed by atoms with Gasteiger partial charge in [-0.05, 0) is 0 Å². The average Bonchev–Trinajstić information content (AvgIpc) is 2.22. The molecule has 2 heteroatoms. The van der Waals surface area contributed by atoms with Crippen LogP contribution >= 0.6 is 0 Å². The van der Waals surface area contributed by atoms with Crippen molar-refractivity contribution in [1.29, 1.82) is 0 Å². The molecule has 0 aliphatic carbocycles. The molecule has 2 nitrogen and oxygen atoms in total. The summed E-state index contributed by atoms with van der Waals surface area (Å²) in [6.45, 7) is 6.53. The highest BCUT2D eigenvalue weighted by molar-refractivity contribution is 4.78. The first-order chi connectivity index (χ1) is 3.45. The molecule has 0 unspecified atom stereocenters. The maximum absolute atomic E-state index is 2.49. The lowest BCUT2D eigenvalue weighted by atomic mass is 10.4. The molecule has 0 amide bonds. The molecule has 7 heavy (non-hydrogen) atoms. The molecule has 0 aromatic rings. The summed E-state index contributed by atoms with van der Waals surface area (Å²) in [7, 11) is 0. The fourth-order valence-electron chi connectivity index (χ4n) is 1.35. The predicted octanol–water partition coefficient (Wildman–Crippen LogP) is -0.425. The number of fused-ring (bicyclic) bond motifs is 2. The van der Waals surface area contributed by atoms with Gasteiger partial charge in [-0.1, -0.05) is 0 Å². The van der Waals surface area contributed by atoms with E-state index < -0.39 is 0 Å². The van der Waals surface area contributed by atoms with Crippen LogP contribution in [0.3, 0.4) is 0 Å². The molecule has 0 saturated carbocycles. The van der Waals surface area contributed by atoms with Crippen LogP contribution < -0.4 is 0 Å². The minimum Gasteiger partial charge on any atom is -0.288 e. The Bertz CT molecular complexity index is 64.1. The van der Waals surface area contributed by atoms with Gasteiger partial charge in [0.05, 0.1) is 6.67 Å². The van der Waals surface area contributed by atoms with Crippen LogP contribution in [0, 0.1) is 0 Å². The fraction of sp³-hybridized carbons (Fsp3) is 1.00. The van der Waals surface area contributed by atoms with Gasteiger partial charge >= 0.3 is 0 Å². The molecular formula is C5H10N2. The molecule has 0 aromatic heterocycles. The molecule has 2 rings (SSSR count). The van der Waals surface area contributed by atoms with Crippen LogP contribution in [0.4, 0.5) is 0 Å². The molecule has 2 fully saturated rings. The third-order valence-electron chi connectivity index (χ3n) is 1.86. The average molecular weight is 98.1 g/mol. The summed E-state index contributed by atoms with van der Waals surface area (Å²) >= 11 is 0. The van der Waals surface area contributed by atoms with E-state index in [4.69, 9.17) is 0 Å². The second kappa shape index (κ2) is 1.20. The minimum atomic E-state index is 1.25. The van der Waals surface area contributed by atoms with E-state index in [1.165, 1.54) is 32.8 Å². The van der Waals surface area contributed by atoms with Gasteiger partial charge in [-0.3, -0.25) is 9.80 Å². The van der Waals surface area contributed by atoms with Crippen molar-refractivity contribution >= 4 is 0 Å². The SMILES string of the molecule is C1CN2CCN1C2. The third kappa shape index (κ3) is 0.469. The van der Waals surface area contributed by atoms with Crippen molar-refractivity contribution in [3.05, 3.63) is 0 Å². The first-order valence-electron chi connectivity index (χ1n) is 2.90. The van der Waals surface area contributed by atoms with E-state index in [1.54, 1.807) is 0 Å². The molecule has 0 radical (unpaired) electrons. The lowest BCUT2D eigenvalue weighted by molar-refractivity contribution is 0.382. The zero-order chi connectivity index (χ0) is 4.69. The van der Waals surface area contributed by atoms with Gasteiger partial charge in [0.25, 0.3) is 0 Å². The van der Waals surface area contributed by atoms with Gasteiger partial charge in [0.1, 0.15) is 0 Å². The van der Waals surface area contributed by atoms with E-state index in [0.29, 0.717) is 0 Å². The summed E-state index contributed by atoms with van der Waals surface area (Å²) in [6.07, 6.45) is 0. The second-order valence-corrected chi connectivity index (χ2v) is 2.38. The Morgan fingerprint density at radius 1 is 0.714 bits per heavy atom. The first-order valence-corrected chi connectivity index (χ1v) is 2.90. The lowest BCUT2D eigenvalue weighted by Crippen LogP contribution is -2.24. The van der Waals surface area contributed by atoms with Crippen LogP contribution in [0.2, 0.25) is 0 Å². The molecule has 2 saturated heterocycles. The van der Waals surface area contributed by atoms with Gasteiger partial charge in [0.15, 0.2) is 0 Å². The largest absolute Gasteiger partial charge is 0.288 e. The Balaban J connectivity index is 2.12. The lowest BCUT2D eigenvalue weighted by Gasteiger charge is -2.09. The van der Waals surface area contributed by atoms with Crippen molar-refractivity contribution in [3.8, 4) is 0 Å². The second-order valence-electron chi connectivity index (χ2n) is 2.38. The van der Waals surface area contributed by atoms with Crippen LogP contribution in [0.1, 0.15) is 0 Å². The van der Waals surface area contributed by atoms with E-state index in [-0.39, 0.29) is 0 Å². The van der Waals surface area contributed by atoms with Crippen molar-refractivity contribution < 1.29 is 0 Å². The fourth-order valence-corrected chi connectivity index (χ4v) is 1.35. The van der Waals surface area contributed by atoms with Crippen molar-refractivity contribution in [3.63, 3.8) is 0 Å². The molecule has 2 aliphatic heterocycles. The monoisotopic (exact) mass is 98.1 g/mol.